The van der Waals surface area contributed by atoms with Crippen LogP contribution in [0.1, 0.15) is 24.0 Å². The third kappa shape index (κ3) is 2.80. The molecule has 0 aliphatic heterocycles. The normalized spacial score (nSPS) is 13.9. The van der Waals surface area contributed by atoms with Gasteiger partial charge in [0.2, 0.25) is 0 Å². The fourth-order valence-electron chi connectivity index (χ4n) is 1.82. The maximum Gasteiger partial charge on any atom is 0.122 e. The lowest BCUT2D eigenvalue weighted by atomic mass is 9.93. The Kier molecular flexibility index (Phi) is 4.58. The van der Waals surface area contributed by atoms with Crippen molar-refractivity contribution in [1.29, 1.82) is 0 Å². The minimum atomic E-state index is -0.601. The number of benzene rings is 1. The quantitative estimate of drug-likeness (QED) is 0.799. The van der Waals surface area contributed by atoms with Crippen LogP contribution in [0.3, 0.4) is 0 Å². The molecule has 0 bridgehead atoms. The first-order valence-electron chi connectivity index (χ1n) is 5.58. The summed E-state index contributed by atoms with van der Waals surface area (Å²) in [5.74, 6) is 1.47. The van der Waals surface area contributed by atoms with Gasteiger partial charge in [-0.1, -0.05) is 13.0 Å². The topological polar surface area (TPSA) is 38.7 Å². The van der Waals surface area contributed by atoms with E-state index >= 15 is 0 Å². The number of aliphatic hydroxyl groups excluding tert-OH is 1. The Hall–Kier alpha value is -1.48. The number of aliphatic hydroxyl groups is 1. The van der Waals surface area contributed by atoms with Crippen molar-refractivity contribution in [1.82, 2.24) is 0 Å². The first-order valence-corrected chi connectivity index (χ1v) is 5.58. The lowest BCUT2D eigenvalue weighted by Gasteiger charge is -2.20. The Balaban J connectivity index is 3.24. The maximum atomic E-state index is 9.82. The van der Waals surface area contributed by atoms with Crippen molar-refractivity contribution in [3.63, 3.8) is 0 Å². The predicted octanol–water partition coefficient (Wildman–Crippen LogP) is 2.66. The van der Waals surface area contributed by atoms with Crippen LogP contribution in [-0.4, -0.2) is 25.4 Å². The molecule has 3 heteroatoms. The molecule has 0 radical (unpaired) electrons. The van der Waals surface area contributed by atoms with Gasteiger partial charge in [0.05, 0.1) is 20.3 Å². The monoisotopic (exact) mass is 236 g/mol. The predicted molar refractivity (Wildman–Crippen MR) is 68.9 cm³/mol. The lowest BCUT2D eigenvalue weighted by molar-refractivity contribution is 0.195. The van der Waals surface area contributed by atoms with Crippen molar-refractivity contribution in [2.45, 2.75) is 25.9 Å². The molecule has 0 saturated carbocycles. The summed E-state index contributed by atoms with van der Waals surface area (Å²) in [4.78, 5) is 0. The van der Waals surface area contributed by atoms with Crippen LogP contribution in [-0.2, 0) is 0 Å². The fourth-order valence-corrected chi connectivity index (χ4v) is 1.82. The van der Waals surface area contributed by atoms with E-state index in [4.69, 9.17) is 9.47 Å². The van der Waals surface area contributed by atoms with Crippen LogP contribution in [0.4, 0.5) is 0 Å². The van der Waals surface area contributed by atoms with Crippen molar-refractivity contribution in [3.05, 3.63) is 35.9 Å². The molecular weight excluding hydrogens is 216 g/mol. The van der Waals surface area contributed by atoms with Crippen LogP contribution in [0, 0.1) is 6.92 Å². The van der Waals surface area contributed by atoms with Gasteiger partial charge in [-0.3, -0.25) is 0 Å². The highest BCUT2D eigenvalue weighted by atomic mass is 16.5. The van der Waals surface area contributed by atoms with Crippen molar-refractivity contribution < 1.29 is 14.6 Å². The van der Waals surface area contributed by atoms with Crippen molar-refractivity contribution in [3.8, 4) is 11.5 Å². The molecule has 0 amide bonds. The highest BCUT2D eigenvalue weighted by Crippen LogP contribution is 2.34. The summed E-state index contributed by atoms with van der Waals surface area (Å²) >= 11 is 0. The molecule has 0 aliphatic rings. The first kappa shape index (κ1) is 13.6. The van der Waals surface area contributed by atoms with Gasteiger partial charge >= 0.3 is 0 Å². The maximum absolute atomic E-state index is 9.82. The summed E-state index contributed by atoms with van der Waals surface area (Å²) < 4.78 is 10.6. The van der Waals surface area contributed by atoms with E-state index in [2.05, 4.69) is 6.58 Å². The zero-order chi connectivity index (χ0) is 13.0. The molecule has 0 saturated heterocycles. The minimum absolute atomic E-state index is 0.0862. The molecule has 0 heterocycles. The molecule has 0 aromatic heterocycles. The van der Waals surface area contributed by atoms with Gasteiger partial charge in [-0.2, -0.15) is 0 Å². The summed E-state index contributed by atoms with van der Waals surface area (Å²) in [6.45, 7) is 7.49. The smallest absolute Gasteiger partial charge is 0.122 e. The van der Waals surface area contributed by atoms with Gasteiger partial charge in [0.1, 0.15) is 11.5 Å². The molecule has 17 heavy (non-hydrogen) atoms. The largest absolute Gasteiger partial charge is 0.496 e. The fraction of sp³-hybridized carbons (Fsp3) is 0.429. The van der Waals surface area contributed by atoms with E-state index in [1.54, 1.807) is 14.2 Å². The van der Waals surface area contributed by atoms with E-state index < -0.39 is 6.10 Å². The Morgan fingerprint density at radius 3 is 2.29 bits per heavy atom. The third-order valence-corrected chi connectivity index (χ3v) is 2.99. The number of hydrogen-bond donors (Lipinski definition) is 1. The highest BCUT2D eigenvalue weighted by Gasteiger charge is 2.19. The van der Waals surface area contributed by atoms with Gasteiger partial charge in [-0.05, 0) is 24.6 Å². The van der Waals surface area contributed by atoms with Crippen molar-refractivity contribution in [2.24, 2.45) is 0 Å². The summed E-state index contributed by atoms with van der Waals surface area (Å²) in [7, 11) is 3.25. The molecule has 3 nitrogen and oxygen atoms in total. The van der Waals surface area contributed by atoms with E-state index in [9.17, 15) is 5.11 Å². The second-order valence-electron chi connectivity index (χ2n) is 4.08. The van der Waals surface area contributed by atoms with E-state index in [0.29, 0.717) is 0 Å². The molecule has 1 N–H and O–H groups in total. The molecule has 0 aliphatic carbocycles. The van der Waals surface area contributed by atoms with Crippen molar-refractivity contribution in [2.75, 3.05) is 14.2 Å². The number of hydrogen-bond acceptors (Lipinski definition) is 3. The zero-order valence-electron chi connectivity index (χ0n) is 10.9. The molecule has 1 aromatic carbocycles. The van der Waals surface area contributed by atoms with Crippen LogP contribution < -0.4 is 9.47 Å². The van der Waals surface area contributed by atoms with E-state index in [-0.39, 0.29) is 5.92 Å². The Labute approximate surface area is 103 Å². The average molecular weight is 236 g/mol. The Morgan fingerprint density at radius 2 is 1.82 bits per heavy atom. The van der Waals surface area contributed by atoms with E-state index in [1.165, 1.54) is 6.08 Å². The Bertz CT molecular complexity index is 399. The molecule has 1 aromatic rings. The van der Waals surface area contributed by atoms with E-state index in [1.807, 2.05) is 26.0 Å². The van der Waals surface area contributed by atoms with Crippen LogP contribution in [0.25, 0.3) is 0 Å². The average Bonchev–Trinajstić information content (AvgIpc) is 2.36. The summed E-state index contributed by atoms with van der Waals surface area (Å²) in [5.41, 5.74) is 1.93. The SMILES string of the molecule is C=CC(O)[C@@H](C)c1cc(OC)c(C)cc1OC. The van der Waals surface area contributed by atoms with Crippen LogP contribution in [0.2, 0.25) is 0 Å². The van der Waals surface area contributed by atoms with Crippen LogP contribution in [0.5, 0.6) is 11.5 Å². The molecule has 0 spiro atoms. The minimum Gasteiger partial charge on any atom is -0.496 e. The second-order valence-corrected chi connectivity index (χ2v) is 4.08. The molecule has 0 fully saturated rings. The number of rotatable bonds is 5. The second kappa shape index (κ2) is 5.73. The molecule has 94 valence electrons. The Morgan fingerprint density at radius 1 is 1.24 bits per heavy atom. The van der Waals surface area contributed by atoms with Gasteiger partial charge in [-0.25, -0.2) is 0 Å². The lowest BCUT2D eigenvalue weighted by Crippen LogP contribution is -2.13. The van der Waals surface area contributed by atoms with Gasteiger partial charge in [0, 0.05) is 11.5 Å². The first-order chi connectivity index (χ1) is 8.04. The summed E-state index contributed by atoms with van der Waals surface area (Å²) in [6.07, 6.45) is 0.924. The van der Waals surface area contributed by atoms with E-state index in [0.717, 1.165) is 22.6 Å². The van der Waals surface area contributed by atoms with Gasteiger partial charge in [0.15, 0.2) is 0 Å². The molecule has 1 unspecified atom stereocenters. The zero-order valence-corrected chi connectivity index (χ0v) is 10.9. The van der Waals surface area contributed by atoms with Crippen molar-refractivity contribution >= 4 is 0 Å². The van der Waals surface area contributed by atoms with Gasteiger partial charge < -0.3 is 14.6 Å². The number of ether oxygens (including phenoxy) is 2. The summed E-state index contributed by atoms with van der Waals surface area (Å²) in [6, 6.07) is 3.83. The number of methoxy groups -OCH3 is 2. The summed E-state index contributed by atoms with van der Waals surface area (Å²) in [5, 5.41) is 9.82. The molecule has 1 rings (SSSR count). The van der Waals surface area contributed by atoms with Gasteiger partial charge in [-0.15, -0.1) is 6.58 Å². The third-order valence-electron chi connectivity index (χ3n) is 2.99. The highest BCUT2D eigenvalue weighted by molar-refractivity contribution is 5.47. The van der Waals surface area contributed by atoms with Crippen LogP contribution in [0.15, 0.2) is 24.8 Å². The molecule has 2 atom stereocenters. The van der Waals surface area contributed by atoms with Crippen LogP contribution >= 0.6 is 0 Å². The standard InChI is InChI=1S/C14H20O3/c1-6-12(15)10(3)11-8-13(16-4)9(2)7-14(11)17-5/h6-8,10,12,15H,1H2,2-5H3/t10-,12?/m0/s1. The molecular formula is C14H20O3. The van der Waals surface area contributed by atoms with Gasteiger partial charge in [0.25, 0.3) is 0 Å². The number of aryl methyl sites for hydroxylation is 1.